The molecule has 0 saturated carbocycles. The number of aliphatic hydroxyl groups excluding tert-OH is 2. The fourth-order valence-electron chi connectivity index (χ4n) is 10.0. The zero-order chi connectivity index (χ0) is 53.6. The van der Waals surface area contributed by atoms with Crippen molar-refractivity contribution in [1.29, 1.82) is 0 Å². The van der Waals surface area contributed by atoms with Gasteiger partial charge in [-0.2, -0.15) is 0 Å². The molecule has 0 aromatic heterocycles. The summed E-state index contributed by atoms with van der Waals surface area (Å²) in [6.07, 6.45) is 81.8. The van der Waals surface area contributed by atoms with Crippen LogP contribution in [0, 0.1) is 0 Å². The third kappa shape index (κ3) is 59.1. The van der Waals surface area contributed by atoms with Gasteiger partial charge >= 0.3 is 5.97 Å². The Bertz CT molecular complexity index is 1240. The average Bonchev–Trinajstić information content (AvgIpc) is 3.40. The molecular weight excluding hydrogens is 911 g/mol. The molecule has 434 valence electrons. The number of carbonyl (C=O) groups excluding carboxylic acids is 2. The Hall–Kier alpha value is -2.18. The standard InChI is InChI=1S/C68H127NO5/c1-3-5-7-9-11-13-15-16-17-31-35-38-42-46-50-54-58-62-68(73)74-63-59-55-51-47-43-39-36-33-30-28-26-24-22-20-18-19-21-23-25-27-29-32-34-37-41-45-49-53-57-61-67(72)69-65(64-70)66(71)60-56-52-48-44-40-14-12-10-8-6-4-2/h16-18,20,24,26,56,60,65-66,70-71H,3-15,19,21-23,25,27-55,57-59,61-64H2,1-2H3,(H,69,72)/b17-16-,20-18-,26-24-,60-56+. The van der Waals surface area contributed by atoms with Crippen molar-refractivity contribution in [1.82, 2.24) is 5.32 Å². The van der Waals surface area contributed by atoms with Crippen LogP contribution in [0.1, 0.15) is 348 Å². The van der Waals surface area contributed by atoms with Crippen LogP contribution in [0.15, 0.2) is 48.6 Å². The van der Waals surface area contributed by atoms with Gasteiger partial charge in [-0.15, -0.1) is 0 Å². The quantitative estimate of drug-likeness (QED) is 0.0320. The molecule has 0 heterocycles. The summed E-state index contributed by atoms with van der Waals surface area (Å²) in [5.74, 6) is -0.0618. The Morgan fingerprint density at radius 2 is 0.676 bits per heavy atom. The summed E-state index contributed by atoms with van der Waals surface area (Å²) in [5, 5.41) is 23.0. The molecular formula is C68H127NO5. The highest BCUT2D eigenvalue weighted by molar-refractivity contribution is 5.76. The van der Waals surface area contributed by atoms with E-state index in [9.17, 15) is 19.8 Å². The van der Waals surface area contributed by atoms with Crippen LogP contribution in [0.3, 0.4) is 0 Å². The van der Waals surface area contributed by atoms with Crippen molar-refractivity contribution in [3.63, 3.8) is 0 Å². The molecule has 0 aliphatic rings. The second-order valence-corrected chi connectivity index (χ2v) is 22.4. The number of amides is 1. The number of rotatable bonds is 61. The van der Waals surface area contributed by atoms with Gasteiger partial charge in [-0.25, -0.2) is 0 Å². The van der Waals surface area contributed by atoms with Crippen LogP contribution in [0.25, 0.3) is 0 Å². The van der Waals surface area contributed by atoms with Gasteiger partial charge in [0.2, 0.25) is 5.91 Å². The fraction of sp³-hybridized carbons (Fsp3) is 0.853. The van der Waals surface area contributed by atoms with E-state index in [0.717, 1.165) is 51.4 Å². The Kier molecular flexibility index (Phi) is 61.5. The van der Waals surface area contributed by atoms with E-state index in [1.165, 1.54) is 270 Å². The van der Waals surface area contributed by atoms with Crippen molar-refractivity contribution in [2.45, 2.75) is 360 Å². The van der Waals surface area contributed by atoms with Crippen LogP contribution in [0.5, 0.6) is 0 Å². The summed E-state index contributed by atoms with van der Waals surface area (Å²) in [7, 11) is 0. The van der Waals surface area contributed by atoms with E-state index in [1.807, 2.05) is 6.08 Å². The number of carbonyl (C=O) groups is 2. The van der Waals surface area contributed by atoms with Gasteiger partial charge in [0.1, 0.15) is 0 Å². The van der Waals surface area contributed by atoms with Gasteiger partial charge in [-0.1, -0.05) is 294 Å². The first-order chi connectivity index (χ1) is 36.5. The van der Waals surface area contributed by atoms with Crippen molar-refractivity contribution in [2.75, 3.05) is 13.2 Å². The highest BCUT2D eigenvalue weighted by Gasteiger charge is 2.18. The predicted molar refractivity (Wildman–Crippen MR) is 324 cm³/mol. The predicted octanol–water partition coefficient (Wildman–Crippen LogP) is 20.9. The highest BCUT2D eigenvalue weighted by atomic mass is 16.5. The summed E-state index contributed by atoms with van der Waals surface area (Å²) < 4.78 is 5.49. The maximum atomic E-state index is 12.4. The number of hydrogen-bond acceptors (Lipinski definition) is 5. The Morgan fingerprint density at radius 1 is 0.378 bits per heavy atom. The molecule has 0 saturated heterocycles. The van der Waals surface area contributed by atoms with Gasteiger partial charge in [-0.3, -0.25) is 9.59 Å². The van der Waals surface area contributed by atoms with E-state index in [4.69, 9.17) is 4.74 Å². The number of hydrogen-bond donors (Lipinski definition) is 3. The van der Waals surface area contributed by atoms with E-state index < -0.39 is 12.1 Å². The summed E-state index contributed by atoms with van der Waals surface area (Å²) in [4.78, 5) is 24.5. The molecule has 0 aromatic rings. The minimum absolute atomic E-state index is 0.00816. The van der Waals surface area contributed by atoms with Crippen LogP contribution in [-0.4, -0.2) is 47.4 Å². The number of esters is 1. The second-order valence-electron chi connectivity index (χ2n) is 22.4. The zero-order valence-electron chi connectivity index (χ0n) is 49.6. The first kappa shape index (κ1) is 71.8. The number of allylic oxidation sites excluding steroid dienone is 7. The zero-order valence-corrected chi connectivity index (χ0v) is 49.6. The minimum atomic E-state index is -0.844. The van der Waals surface area contributed by atoms with Gasteiger partial charge < -0.3 is 20.3 Å². The van der Waals surface area contributed by atoms with Gasteiger partial charge in [0, 0.05) is 12.8 Å². The third-order valence-electron chi connectivity index (χ3n) is 15.1. The minimum Gasteiger partial charge on any atom is -0.466 e. The molecule has 74 heavy (non-hydrogen) atoms. The smallest absolute Gasteiger partial charge is 0.305 e. The number of ether oxygens (including phenoxy) is 1. The molecule has 0 aliphatic carbocycles. The van der Waals surface area contributed by atoms with E-state index >= 15 is 0 Å². The molecule has 6 nitrogen and oxygen atoms in total. The molecule has 0 radical (unpaired) electrons. The molecule has 0 bridgehead atoms. The maximum absolute atomic E-state index is 12.4. The van der Waals surface area contributed by atoms with Crippen LogP contribution in [0.4, 0.5) is 0 Å². The van der Waals surface area contributed by atoms with Crippen molar-refractivity contribution in [3.8, 4) is 0 Å². The van der Waals surface area contributed by atoms with Crippen LogP contribution in [0.2, 0.25) is 0 Å². The second kappa shape index (κ2) is 63.4. The lowest BCUT2D eigenvalue weighted by Crippen LogP contribution is -2.45. The van der Waals surface area contributed by atoms with Crippen molar-refractivity contribution >= 4 is 11.9 Å². The van der Waals surface area contributed by atoms with E-state index in [-0.39, 0.29) is 18.5 Å². The molecule has 0 rings (SSSR count). The van der Waals surface area contributed by atoms with Crippen LogP contribution >= 0.6 is 0 Å². The number of unbranched alkanes of at least 4 members (excludes halogenated alkanes) is 44. The van der Waals surface area contributed by atoms with E-state index in [0.29, 0.717) is 19.4 Å². The van der Waals surface area contributed by atoms with Crippen LogP contribution < -0.4 is 5.32 Å². The van der Waals surface area contributed by atoms with Gasteiger partial charge in [-0.05, 0) is 89.9 Å². The molecule has 2 unspecified atom stereocenters. The molecule has 6 heteroatoms. The summed E-state index contributed by atoms with van der Waals surface area (Å²) in [6, 6.07) is -0.628. The highest BCUT2D eigenvalue weighted by Crippen LogP contribution is 2.17. The first-order valence-electron chi connectivity index (χ1n) is 32.9. The summed E-state index contributed by atoms with van der Waals surface area (Å²) in [5.41, 5.74) is 0. The first-order valence-corrected chi connectivity index (χ1v) is 32.9. The molecule has 0 aromatic carbocycles. The Morgan fingerprint density at radius 3 is 1.04 bits per heavy atom. The van der Waals surface area contributed by atoms with Crippen LogP contribution in [-0.2, 0) is 14.3 Å². The monoisotopic (exact) mass is 1040 g/mol. The number of aliphatic hydroxyl groups is 2. The van der Waals surface area contributed by atoms with Crippen molar-refractivity contribution < 1.29 is 24.5 Å². The topological polar surface area (TPSA) is 95.9 Å². The van der Waals surface area contributed by atoms with Crippen molar-refractivity contribution in [3.05, 3.63) is 48.6 Å². The Labute approximate surface area is 461 Å². The van der Waals surface area contributed by atoms with Gasteiger partial charge in [0.25, 0.3) is 0 Å². The molecule has 3 N–H and O–H groups in total. The molecule has 0 aliphatic heterocycles. The van der Waals surface area contributed by atoms with E-state index in [1.54, 1.807) is 6.08 Å². The average molecular weight is 1040 g/mol. The lowest BCUT2D eigenvalue weighted by atomic mass is 10.0. The van der Waals surface area contributed by atoms with Crippen molar-refractivity contribution in [2.24, 2.45) is 0 Å². The normalized spacial score (nSPS) is 12.9. The van der Waals surface area contributed by atoms with E-state index in [2.05, 4.69) is 55.6 Å². The number of nitrogens with one attached hydrogen (secondary N) is 1. The third-order valence-corrected chi connectivity index (χ3v) is 15.1. The Balaban J connectivity index is 3.40. The van der Waals surface area contributed by atoms with Gasteiger partial charge in [0.05, 0.1) is 25.4 Å². The summed E-state index contributed by atoms with van der Waals surface area (Å²) >= 11 is 0. The molecule has 0 fully saturated rings. The molecule has 2 atom stereocenters. The lowest BCUT2D eigenvalue weighted by molar-refractivity contribution is -0.143. The lowest BCUT2D eigenvalue weighted by Gasteiger charge is -2.20. The summed E-state index contributed by atoms with van der Waals surface area (Å²) in [6.45, 7) is 4.89. The van der Waals surface area contributed by atoms with Gasteiger partial charge in [0.15, 0.2) is 0 Å². The molecule has 1 amide bonds. The fourth-order valence-corrected chi connectivity index (χ4v) is 10.0. The largest absolute Gasteiger partial charge is 0.466 e. The molecule has 0 spiro atoms. The maximum Gasteiger partial charge on any atom is 0.305 e. The SMILES string of the molecule is CCCCCCCC/C=C\CCCCCCCCCC(=O)OCCCCCCCCCCC/C=C\C/C=C\CCCCCCCCCCCCCCCC(=O)NC(CO)C(O)/C=C/CCCCCCCCCCC.